The summed E-state index contributed by atoms with van der Waals surface area (Å²) in [6.07, 6.45) is 2.00. The smallest absolute Gasteiger partial charge is 0.320 e. The summed E-state index contributed by atoms with van der Waals surface area (Å²) in [5.74, 6) is 0.875. The van der Waals surface area contributed by atoms with Crippen molar-refractivity contribution in [2.45, 2.75) is 58.2 Å². The second kappa shape index (κ2) is 9.59. The summed E-state index contributed by atoms with van der Waals surface area (Å²) < 4.78 is 6.20. The number of ether oxygens (including phenoxy) is 1. The summed E-state index contributed by atoms with van der Waals surface area (Å²) in [7, 11) is 0. The van der Waals surface area contributed by atoms with E-state index < -0.39 is 5.60 Å². The Labute approximate surface area is 224 Å². The van der Waals surface area contributed by atoms with Crippen molar-refractivity contribution in [2.24, 2.45) is 4.99 Å². The molecule has 196 valence electrons. The maximum Gasteiger partial charge on any atom is 0.320 e. The minimum Gasteiger partial charge on any atom is -0.491 e. The molecule has 3 heterocycles. The van der Waals surface area contributed by atoms with Gasteiger partial charge in [-0.2, -0.15) is 0 Å². The molecule has 6 rings (SSSR count). The highest BCUT2D eigenvalue weighted by Crippen LogP contribution is 2.39. The van der Waals surface area contributed by atoms with Gasteiger partial charge in [-0.1, -0.05) is 42.5 Å². The molecule has 3 aliphatic rings. The number of aliphatic imine (C=N–C) groups is 1. The molecule has 0 radical (unpaired) electrons. The lowest BCUT2D eigenvalue weighted by Crippen LogP contribution is -2.51. The highest BCUT2D eigenvalue weighted by molar-refractivity contribution is 5.93. The van der Waals surface area contributed by atoms with Gasteiger partial charge < -0.3 is 19.6 Å². The Morgan fingerprint density at radius 3 is 2.66 bits per heavy atom. The lowest BCUT2D eigenvalue weighted by Gasteiger charge is -2.44. The van der Waals surface area contributed by atoms with E-state index in [-0.39, 0.29) is 12.1 Å². The number of benzene rings is 3. The third-order valence-corrected chi connectivity index (χ3v) is 8.10. The maximum atomic E-state index is 14.0. The Kier molecular flexibility index (Phi) is 6.23. The highest BCUT2D eigenvalue weighted by atomic mass is 16.5. The number of aryl methyl sites for hydroxylation is 1. The molecule has 1 N–H and O–H groups in total. The standard InChI is InChI=1S/C32H35N3O3/c1-21-15-26(24-9-10-25-16-22(2)33-28(25)18-24)17-27-20-34(13-14-38-30(21)27)31(36)35-12-11-32(3,37)19-29(35)23-7-5-4-6-8-23/h4-10,15,17-18,29,37H,11-14,16,19-20H2,1-3H3/t29-,32-/m1/s1. The Hall–Kier alpha value is -3.64. The van der Waals surface area contributed by atoms with E-state index in [1.165, 1.54) is 5.56 Å². The first-order chi connectivity index (χ1) is 18.3. The zero-order valence-corrected chi connectivity index (χ0v) is 22.4. The van der Waals surface area contributed by atoms with Crippen LogP contribution in [0.4, 0.5) is 10.5 Å². The number of amides is 2. The number of carbonyl (C=O) groups excluding carboxylic acids is 1. The fraction of sp³-hybridized carbons (Fsp3) is 0.375. The van der Waals surface area contributed by atoms with Crippen LogP contribution in [0.1, 0.15) is 55.0 Å². The van der Waals surface area contributed by atoms with Crippen molar-refractivity contribution in [3.63, 3.8) is 0 Å². The van der Waals surface area contributed by atoms with Crippen molar-refractivity contribution < 1.29 is 14.6 Å². The van der Waals surface area contributed by atoms with E-state index in [0.717, 1.165) is 51.4 Å². The number of rotatable bonds is 2. The van der Waals surface area contributed by atoms with E-state index in [9.17, 15) is 9.90 Å². The molecule has 6 nitrogen and oxygen atoms in total. The van der Waals surface area contributed by atoms with Crippen LogP contribution in [-0.2, 0) is 13.0 Å². The molecule has 0 saturated carbocycles. The van der Waals surface area contributed by atoms with Gasteiger partial charge >= 0.3 is 6.03 Å². The number of hydrogen-bond acceptors (Lipinski definition) is 4. The van der Waals surface area contributed by atoms with Gasteiger partial charge in [-0.05, 0) is 73.2 Å². The number of hydrogen-bond donors (Lipinski definition) is 1. The molecule has 1 fully saturated rings. The lowest BCUT2D eigenvalue weighted by atomic mass is 9.85. The Bertz CT molecular complexity index is 1410. The van der Waals surface area contributed by atoms with E-state index >= 15 is 0 Å². The predicted molar refractivity (Wildman–Crippen MR) is 150 cm³/mol. The van der Waals surface area contributed by atoms with Gasteiger partial charge in [0.2, 0.25) is 0 Å². The van der Waals surface area contributed by atoms with Gasteiger partial charge in [0.05, 0.1) is 30.4 Å². The third kappa shape index (κ3) is 4.69. The summed E-state index contributed by atoms with van der Waals surface area (Å²) in [4.78, 5) is 22.6. The molecule has 0 unspecified atom stereocenters. The van der Waals surface area contributed by atoms with Gasteiger partial charge in [0.25, 0.3) is 0 Å². The number of fused-ring (bicyclic) bond motifs is 2. The monoisotopic (exact) mass is 509 g/mol. The molecule has 3 aromatic carbocycles. The second-order valence-electron chi connectivity index (χ2n) is 11.3. The summed E-state index contributed by atoms with van der Waals surface area (Å²) in [6, 6.07) is 20.7. The Balaban J connectivity index is 1.30. The predicted octanol–water partition coefficient (Wildman–Crippen LogP) is 6.21. The fourth-order valence-corrected chi connectivity index (χ4v) is 6.09. The second-order valence-corrected chi connectivity index (χ2v) is 11.3. The fourth-order valence-electron chi connectivity index (χ4n) is 6.09. The number of nitrogens with zero attached hydrogens (tertiary/aromatic N) is 3. The van der Waals surface area contributed by atoms with Crippen LogP contribution in [0.25, 0.3) is 11.1 Å². The summed E-state index contributed by atoms with van der Waals surface area (Å²) in [6.45, 7) is 7.99. The summed E-state index contributed by atoms with van der Waals surface area (Å²) in [5.41, 5.74) is 8.05. The van der Waals surface area contributed by atoms with Gasteiger partial charge in [-0.25, -0.2) is 4.79 Å². The van der Waals surface area contributed by atoms with Crippen molar-refractivity contribution in [2.75, 3.05) is 19.7 Å². The first-order valence-corrected chi connectivity index (χ1v) is 13.5. The van der Waals surface area contributed by atoms with Gasteiger partial charge in [0, 0.05) is 30.7 Å². The minimum absolute atomic E-state index is 0.00352. The number of urea groups is 1. The van der Waals surface area contributed by atoms with Gasteiger partial charge in [-0.15, -0.1) is 0 Å². The molecule has 0 spiro atoms. The topological polar surface area (TPSA) is 65.4 Å². The van der Waals surface area contributed by atoms with Crippen molar-refractivity contribution in [1.82, 2.24) is 9.80 Å². The molecule has 3 aromatic rings. The normalized spacial score (nSPS) is 22.7. The largest absolute Gasteiger partial charge is 0.491 e. The van der Waals surface area contributed by atoms with Crippen LogP contribution < -0.4 is 4.74 Å². The van der Waals surface area contributed by atoms with E-state index in [2.05, 4.69) is 44.2 Å². The first-order valence-electron chi connectivity index (χ1n) is 13.5. The van der Waals surface area contributed by atoms with E-state index in [4.69, 9.17) is 9.73 Å². The van der Waals surface area contributed by atoms with Crippen molar-refractivity contribution in [3.05, 3.63) is 82.9 Å². The van der Waals surface area contributed by atoms with Crippen molar-refractivity contribution in [1.29, 1.82) is 0 Å². The molecule has 3 aliphatic heterocycles. The van der Waals surface area contributed by atoms with Crippen LogP contribution in [0.2, 0.25) is 0 Å². The van der Waals surface area contributed by atoms with E-state index in [0.29, 0.717) is 39.1 Å². The first kappa shape index (κ1) is 24.7. The Morgan fingerprint density at radius 1 is 1.03 bits per heavy atom. The lowest BCUT2D eigenvalue weighted by molar-refractivity contribution is -0.0256. The zero-order chi connectivity index (χ0) is 26.4. The Morgan fingerprint density at radius 2 is 1.84 bits per heavy atom. The SMILES string of the molecule is CC1=Nc2cc(-c3cc(C)c4c(c3)CN(C(=O)N3CC[C@@](C)(O)C[C@@H]3c3ccccc3)CCO4)ccc2C1. The summed E-state index contributed by atoms with van der Waals surface area (Å²) in [5, 5.41) is 10.9. The number of piperidine rings is 1. The van der Waals surface area contributed by atoms with Crippen LogP contribution >= 0.6 is 0 Å². The average molecular weight is 510 g/mol. The molecular weight excluding hydrogens is 474 g/mol. The van der Waals surface area contributed by atoms with Crippen LogP contribution in [0, 0.1) is 6.92 Å². The van der Waals surface area contributed by atoms with Crippen LogP contribution in [0.5, 0.6) is 5.75 Å². The molecule has 2 amide bonds. The quantitative estimate of drug-likeness (QED) is 0.446. The van der Waals surface area contributed by atoms with Crippen LogP contribution in [0.3, 0.4) is 0 Å². The molecule has 0 aliphatic carbocycles. The number of likely N-dealkylation sites (tertiary alicyclic amines) is 1. The van der Waals surface area contributed by atoms with Gasteiger partial charge in [-0.3, -0.25) is 4.99 Å². The molecule has 38 heavy (non-hydrogen) atoms. The van der Waals surface area contributed by atoms with E-state index in [1.807, 2.05) is 47.1 Å². The van der Waals surface area contributed by atoms with E-state index in [1.54, 1.807) is 0 Å². The molecule has 2 atom stereocenters. The molecule has 1 saturated heterocycles. The third-order valence-electron chi connectivity index (χ3n) is 8.10. The van der Waals surface area contributed by atoms with Crippen molar-refractivity contribution in [3.8, 4) is 16.9 Å². The molecule has 6 heteroatoms. The molecular formula is C32H35N3O3. The van der Waals surface area contributed by atoms with Crippen LogP contribution in [-0.4, -0.2) is 51.9 Å². The number of carbonyl (C=O) groups is 1. The van der Waals surface area contributed by atoms with Crippen molar-refractivity contribution >= 4 is 17.4 Å². The minimum atomic E-state index is -0.795. The average Bonchev–Trinajstić information content (AvgIpc) is 3.13. The molecule has 0 bridgehead atoms. The van der Waals surface area contributed by atoms with Gasteiger partial charge in [0.1, 0.15) is 12.4 Å². The molecule has 0 aromatic heterocycles. The zero-order valence-electron chi connectivity index (χ0n) is 22.4. The van der Waals surface area contributed by atoms with Crippen LogP contribution in [0.15, 0.2) is 65.7 Å². The van der Waals surface area contributed by atoms with Gasteiger partial charge in [0.15, 0.2) is 0 Å². The highest BCUT2D eigenvalue weighted by Gasteiger charge is 2.39. The number of aliphatic hydroxyl groups is 1. The maximum absolute atomic E-state index is 14.0. The summed E-state index contributed by atoms with van der Waals surface area (Å²) >= 11 is 0.